The molecule has 0 radical (unpaired) electrons. The smallest absolute Gasteiger partial charge is 0.422 e. The highest BCUT2D eigenvalue weighted by atomic mass is 19.4. The zero-order valence-electron chi connectivity index (χ0n) is 9.54. The number of hydrogen-bond acceptors (Lipinski definition) is 3. The summed E-state index contributed by atoms with van der Waals surface area (Å²) in [6.45, 7) is 0.423. The molecule has 2 N–H and O–H groups in total. The number of nitrogens with two attached hydrogens (primary N) is 1. The van der Waals surface area contributed by atoms with Crippen LogP contribution in [0, 0.1) is 0 Å². The van der Waals surface area contributed by atoms with Crippen LogP contribution in [0.5, 0.6) is 11.5 Å². The van der Waals surface area contributed by atoms with E-state index in [9.17, 15) is 13.2 Å². The Morgan fingerprint density at radius 3 is 2.41 bits per heavy atom. The van der Waals surface area contributed by atoms with Gasteiger partial charge in [0.15, 0.2) is 18.1 Å². The van der Waals surface area contributed by atoms with Crippen molar-refractivity contribution in [1.82, 2.24) is 0 Å². The van der Waals surface area contributed by atoms with Crippen LogP contribution < -0.4 is 15.2 Å². The second-order valence-electron chi connectivity index (χ2n) is 3.60. The van der Waals surface area contributed by atoms with E-state index in [-0.39, 0.29) is 17.5 Å². The number of halogens is 3. The van der Waals surface area contributed by atoms with Crippen LogP contribution in [0.4, 0.5) is 13.2 Å². The number of hydrogen-bond donors (Lipinski definition) is 1. The third-order valence-electron chi connectivity index (χ3n) is 2.10. The number of ether oxygens (including phenoxy) is 2. The fourth-order valence-corrected chi connectivity index (χ4v) is 1.25. The molecular weight excluding hydrogens is 235 g/mol. The highest BCUT2D eigenvalue weighted by Gasteiger charge is 2.29. The van der Waals surface area contributed by atoms with Crippen molar-refractivity contribution in [2.24, 2.45) is 5.73 Å². The number of alkyl halides is 3. The van der Waals surface area contributed by atoms with Gasteiger partial charge in [-0.15, -0.1) is 0 Å². The predicted molar refractivity (Wildman–Crippen MR) is 57.1 cm³/mol. The Hall–Kier alpha value is -1.43. The summed E-state index contributed by atoms with van der Waals surface area (Å²) < 4.78 is 45.6. The quantitative estimate of drug-likeness (QED) is 0.892. The molecule has 0 aromatic heterocycles. The molecule has 0 fully saturated rings. The van der Waals surface area contributed by atoms with E-state index in [4.69, 9.17) is 10.5 Å². The van der Waals surface area contributed by atoms with Crippen LogP contribution in [0.15, 0.2) is 18.2 Å². The largest absolute Gasteiger partial charge is 0.493 e. The highest BCUT2D eigenvalue weighted by molar-refractivity contribution is 5.43. The summed E-state index contributed by atoms with van der Waals surface area (Å²) in [5, 5.41) is 0. The summed E-state index contributed by atoms with van der Waals surface area (Å²) in [6, 6.07) is 4.37. The summed E-state index contributed by atoms with van der Waals surface area (Å²) in [5.41, 5.74) is 6.42. The van der Waals surface area contributed by atoms with Gasteiger partial charge in [0.05, 0.1) is 7.11 Å². The molecule has 1 atom stereocenters. The van der Waals surface area contributed by atoms with Crippen molar-refractivity contribution < 1.29 is 22.6 Å². The van der Waals surface area contributed by atoms with Crippen molar-refractivity contribution in [2.75, 3.05) is 13.7 Å². The van der Waals surface area contributed by atoms with Crippen LogP contribution >= 0.6 is 0 Å². The monoisotopic (exact) mass is 249 g/mol. The van der Waals surface area contributed by atoms with E-state index in [1.165, 1.54) is 13.2 Å². The average molecular weight is 249 g/mol. The number of methoxy groups -OCH3 is 1. The Balaban J connectivity index is 2.86. The molecule has 0 bridgehead atoms. The van der Waals surface area contributed by atoms with E-state index < -0.39 is 12.8 Å². The van der Waals surface area contributed by atoms with Crippen molar-refractivity contribution in [3.63, 3.8) is 0 Å². The van der Waals surface area contributed by atoms with E-state index in [0.717, 1.165) is 5.56 Å². The lowest BCUT2D eigenvalue weighted by Gasteiger charge is -2.14. The Labute approximate surface area is 97.3 Å². The van der Waals surface area contributed by atoms with Gasteiger partial charge in [0, 0.05) is 6.04 Å². The first-order chi connectivity index (χ1) is 7.83. The second-order valence-corrected chi connectivity index (χ2v) is 3.60. The molecule has 0 spiro atoms. The number of benzene rings is 1. The molecular formula is C11H14F3NO2. The van der Waals surface area contributed by atoms with Crippen LogP contribution in [0.3, 0.4) is 0 Å². The van der Waals surface area contributed by atoms with Gasteiger partial charge in [-0.2, -0.15) is 13.2 Å². The molecule has 1 aromatic carbocycles. The normalized spacial score (nSPS) is 13.3. The fraction of sp³-hybridized carbons (Fsp3) is 0.455. The van der Waals surface area contributed by atoms with Crippen LogP contribution in [0.1, 0.15) is 18.5 Å². The van der Waals surface area contributed by atoms with Gasteiger partial charge < -0.3 is 15.2 Å². The zero-order valence-corrected chi connectivity index (χ0v) is 9.54. The summed E-state index contributed by atoms with van der Waals surface area (Å²) in [6.07, 6.45) is -4.37. The molecule has 17 heavy (non-hydrogen) atoms. The lowest BCUT2D eigenvalue weighted by molar-refractivity contribution is -0.153. The Kier molecular flexibility index (Phi) is 4.22. The van der Waals surface area contributed by atoms with E-state index in [2.05, 4.69) is 4.74 Å². The summed E-state index contributed by atoms with van der Waals surface area (Å²) in [7, 11) is 1.36. The van der Waals surface area contributed by atoms with Gasteiger partial charge in [-0.1, -0.05) is 6.07 Å². The van der Waals surface area contributed by atoms with Crippen LogP contribution in [0.25, 0.3) is 0 Å². The molecule has 96 valence electrons. The first-order valence-corrected chi connectivity index (χ1v) is 4.96. The predicted octanol–water partition coefficient (Wildman–Crippen LogP) is 2.66. The Bertz CT molecular complexity index is 377. The van der Waals surface area contributed by atoms with Gasteiger partial charge in [0.1, 0.15) is 0 Å². The molecule has 1 rings (SSSR count). The van der Waals surface area contributed by atoms with E-state index in [0.29, 0.717) is 0 Å². The van der Waals surface area contributed by atoms with Crippen LogP contribution in [-0.4, -0.2) is 19.9 Å². The SMILES string of the molecule is COc1cc([C@H](C)N)ccc1OCC(F)(F)F. The lowest BCUT2D eigenvalue weighted by atomic mass is 10.1. The Morgan fingerprint density at radius 2 is 1.94 bits per heavy atom. The number of rotatable bonds is 4. The molecule has 0 saturated heterocycles. The molecule has 3 nitrogen and oxygen atoms in total. The van der Waals surface area contributed by atoms with Crippen LogP contribution in [0.2, 0.25) is 0 Å². The molecule has 0 heterocycles. The topological polar surface area (TPSA) is 44.5 Å². The first kappa shape index (κ1) is 13.6. The van der Waals surface area contributed by atoms with Crippen molar-refractivity contribution in [3.05, 3.63) is 23.8 Å². The van der Waals surface area contributed by atoms with E-state index >= 15 is 0 Å². The van der Waals surface area contributed by atoms with Gasteiger partial charge in [-0.3, -0.25) is 0 Å². The minimum Gasteiger partial charge on any atom is -0.493 e. The van der Waals surface area contributed by atoms with Crippen molar-refractivity contribution >= 4 is 0 Å². The molecule has 0 saturated carbocycles. The third-order valence-corrected chi connectivity index (χ3v) is 2.10. The van der Waals surface area contributed by atoms with E-state index in [1.54, 1.807) is 19.1 Å². The lowest BCUT2D eigenvalue weighted by Crippen LogP contribution is -2.19. The maximum absolute atomic E-state index is 12.0. The first-order valence-electron chi connectivity index (χ1n) is 4.96. The molecule has 0 aliphatic heterocycles. The van der Waals surface area contributed by atoms with Gasteiger partial charge >= 0.3 is 6.18 Å². The van der Waals surface area contributed by atoms with E-state index in [1.807, 2.05) is 0 Å². The summed E-state index contributed by atoms with van der Waals surface area (Å²) in [5.74, 6) is 0.290. The Morgan fingerprint density at radius 1 is 1.29 bits per heavy atom. The molecule has 0 aliphatic carbocycles. The van der Waals surface area contributed by atoms with Gasteiger partial charge in [0.2, 0.25) is 0 Å². The minimum atomic E-state index is -4.37. The zero-order chi connectivity index (χ0) is 13.1. The molecule has 0 aliphatic rings. The highest BCUT2D eigenvalue weighted by Crippen LogP contribution is 2.31. The molecule has 0 unspecified atom stereocenters. The third kappa shape index (κ3) is 4.14. The summed E-state index contributed by atoms with van der Waals surface area (Å²) in [4.78, 5) is 0. The summed E-state index contributed by atoms with van der Waals surface area (Å²) >= 11 is 0. The van der Waals surface area contributed by atoms with Crippen molar-refractivity contribution in [2.45, 2.75) is 19.1 Å². The van der Waals surface area contributed by atoms with Crippen LogP contribution in [-0.2, 0) is 0 Å². The van der Waals surface area contributed by atoms with Gasteiger partial charge in [-0.25, -0.2) is 0 Å². The van der Waals surface area contributed by atoms with Crippen molar-refractivity contribution in [3.8, 4) is 11.5 Å². The van der Waals surface area contributed by atoms with Gasteiger partial charge in [-0.05, 0) is 24.6 Å². The van der Waals surface area contributed by atoms with Gasteiger partial charge in [0.25, 0.3) is 0 Å². The maximum atomic E-state index is 12.0. The average Bonchev–Trinajstić information content (AvgIpc) is 2.24. The molecule has 0 amide bonds. The maximum Gasteiger partial charge on any atom is 0.422 e. The minimum absolute atomic E-state index is 0.0502. The molecule has 6 heteroatoms. The second kappa shape index (κ2) is 5.27. The molecule has 1 aromatic rings. The fourth-order valence-electron chi connectivity index (χ4n) is 1.25. The standard InChI is InChI=1S/C11H14F3NO2/c1-7(15)8-3-4-9(10(5-8)16-2)17-6-11(12,13)14/h3-5,7H,6,15H2,1-2H3/t7-/m0/s1. The van der Waals surface area contributed by atoms with Crippen molar-refractivity contribution in [1.29, 1.82) is 0 Å².